The van der Waals surface area contributed by atoms with Gasteiger partial charge in [-0.2, -0.15) is 0 Å². The molecule has 2 aromatic rings. The average Bonchev–Trinajstić information content (AvgIpc) is 2.52. The predicted octanol–water partition coefficient (Wildman–Crippen LogP) is 1.31. The lowest BCUT2D eigenvalue weighted by atomic mass is 10.2. The third-order valence-corrected chi connectivity index (χ3v) is 2.59. The SMILES string of the molecule is NC(=O)COc1ccc(C(=O)NNc2ccccc2)cc1. The monoisotopic (exact) mass is 285 g/mol. The predicted molar refractivity (Wildman–Crippen MR) is 78.7 cm³/mol. The molecule has 0 radical (unpaired) electrons. The van der Waals surface area contributed by atoms with E-state index in [0.29, 0.717) is 11.3 Å². The van der Waals surface area contributed by atoms with Gasteiger partial charge in [0.1, 0.15) is 5.75 Å². The minimum absolute atomic E-state index is 0.193. The Morgan fingerprint density at radius 2 is 1.67 bits per heavy atom. The van der Waals surface area contributed by atoms with Crippen molar-refractivity contribution in [3.8, 4) is 5.75 Å². The molecule has 0 saturated carbocycles. The number of hydrogen-bond acceptors (Lipinski definition) is 4. The van der Waals surface area contributed by atoms with E-state index >= 15 is 0 Å². The second kappa shape index (κ2) is 6.95. The van der Waals surface area contributed by atoms with Crippen molar-refractivity contribution in [1.29, 1.82) is 0 Å². The number of anilines is 1. The van der Waals surface area contributed by atoms with Crippen LogP contribution in [0.3, 0.4) is 0 Å². The number of amides is 2. The van der Waals surface area contributed by atoms with E-state index in [2.05, 4.69) is 10.9 Å². The summed E-state index contributed by atoms with van der Waals surface area (Å²) in [5.74, 6) is -0.356. The maximum Gasteiger partial charge on any atom is 0.269 e. The summed E-state index contributed by atoms with van der Waals surface area (Å²) < 4.78 is 5.11. The Morgan fingerprint density at radius 3 is 2.29 bits per heavy atom. The van der Waals surface area contributed by atoms with Gasteiger partial charge in [0.2, 0.25) is 0 Å². The van der Waals surface area contributed by atoms with Crippen LogP contribution >= 0.6 is 0 Å². The van der Waals surface area contributed by atoms with Crippen LogP contribution in [0.25, 0.3) is 0 Å². The Balaban J connectivity index is 1.89. The highest BCUT2D eigenvalue weighted by molar-refractivity contribution is 5.95. The van der Waals surface area contributed by atoms with Crippen molar-refractivity contribution < 1.29 is 14.3 Å². The molecule has 108 valence electrons. The molecule has 2 aromatic carbocycles. The van der Waals surface area contributed by atoms with Gasteiger partial charge in [0.15, 0.2) is 6.61 Å². The number of primary amides is 1. The van der Waals surface area contributed by atoms with Gasteiger partial charge in [0.05, 0.1) is 5.69 Å². The fourth-order valence-corrected chi connectivity index (χ4v) is 1.58. The van der Waals surface area contributed by atoms with Crippen LogP contribution in [0.1, 0.15) is 10.4 Å². The van der Waals surface area contributed by atoms with Crippen LogP contribution in [-0.4, -0.2) is 18.4 Å². The van der Waals surface area contributed by atoms with E-state index in [9.17, 15) is 9.59 Å². The van der Waals surface area contributed by atoms with E-state index in [4.69, 9.17) is 10.5 Å². The number of benzene rings is 2. The summed E-state index contributed by atoms with van der Waals surface area (Å²) in [6, 6.07) is 15.7. The molecule has 6 nitrogen and oxygen atoms in total. The highest BCUT2D eigenvalue weighted by Crippen LogP contribution is 2.12. The van der Waals surface area contributed by atoms with Crippen LogP contribution in [0.2, 0.25) is 0 Å². The normalized spacial score (nSPS) is 9.71. The minimum atomic E-state index is -0.552. The second-order valence-corrected chi connectivity index (χ2v) is 4.22. The maximum atomic E-state index is 11.9. The summed E-state index contributed by atoms with van der Waals surface area (Å²) in [5, 5.41) is 0. The molecule has 0 bridgehead atoms. The molecule has 0 heterocycles. The lowest BCUT2D eigenvalue weighted by Gasteiger charge is -2.09. The first-order valence-corrected chi connectivity index (χ1v) is 6.28. The Hall–Kier alpha value is -3.02. The van der Waals surface area contributed by atoms with Crippen molar-refractivity contribution in [3.63, 3.8) is 0 Å². The van der Waals surface area contributed by atoms with Crippen LogP contribution in [-0.2, 0) is 4.79 Å². The van der Waals surface area contributed by atoms with Crippen molar-refractivity contribution >= 4 is 17.5 Å². The number of nitrogens with one attached hydrogen (secondary N) is 2. The number of hydrogen-bond donors (Lipinski definition) is 3. The number of para-hydroxylation sites is 1. The Kier molecular flexibility index (Phi) is 4.76. The van der Waals surface area contributed by atoms with Crippen LogP contribution < -0.4 is 21.3 Å². The first kappa shape index (κ1) is 14.4. The second-order valence-electron chi connectivity index (χ2n) is 4.22. The van der Waals surface area contributed by atoms with E-state index in [-0.39, 0.29) is 12.5 Å². The molecule has 0 saturated heterocycles. The number of rotatable bonds is 6. The fraction of sp³-hybridized carbons (Fsp3) is 0.0667. The number of nitrogens with two attached hydrogens (primary N) is 1. The molecule has 0 spiro atoms. The lowest BCUT2D eigenvalue weighted by molar-refractivity contribution is -0.119. The topological polar surface area (TPSA) is 93.5 Å². The van der Waals surface area contributed by atoms with Crippen molar-refractivity contribution in [1.82, 2.24) is 5.43 Å². The third-order valence-electron chi connectivity index (χ3n) is 2.59. The molecule has 21 heavy (non-hydrogen) atoms. The molecule has 0 aromatic heterocycles. The molecule has 0 aliphatic rings. The molecule has 0 aliphatic carbocycles. The smallest absolute Gasteiger partial charge is 0.269 e. The number of carbonyl (C=O) groups is 2. The Bertz CT molecular complexity index is 612. The first-order chi connectivity index (χ1) is 10.1. The summed E-state index contributed by atoms with van der Waals surface area (Å²) >= 11 is 0. The summed E-state index contributed by atoms with van der Waals surface area (Å²) in [6.45, 7) is -0.193. The molecule has 0 unspecified atom stereocenters. The van der Waals surface area contributed by atoms with Gasteiger partial charge >= 0.3 is 0 Å². The standard InChI is InChI=1S/C15H15N3O3/c16-14(19)10-21-13-8-6-11(7-9-13)15(20)18-17-12-4-2-1-3-5-12/h1-9,17H,10H2,(H2,16,19)(H,18,20). The third kappa shape index (κ3) is 4.54. The number of ether oxygens (including phenoxy) is 1. The molecule has 2 amide bonds. The molecular weight excluding hydrogens is 270 g/mol. The molecule has 6 heteroatoms. The average molecular weight is 285 g/mol. The zero-order chi connectivity index (χ0) is 15.1. The number of carbonyl (C=O) groups excluding carboxylic acids is 2. The van der Waals surface area contributed by atoms with E-state index in [0.717, 1.165) is 5.69 Å². The highest BCUT2D eigenvalue weighted by Gasteiger charge is 2.05. The largest absolute Gasteiger partial charge is 0.484 e. The van der Waals surface area contributed by atoms with Gasteiger partial charge in [-0.1, -0.05) is 18.2 Å². The summed E-state index contributed by atoms with van der Waals surface area (Å²) in [6.07, 6.45) is 0. The summed E-state index contributed by atoms with van der Waals surface area (Å²) in [7, 11) is 0. The van der Waals surface area contributed by atoms with Gasteiger partial charge in [0, 0.05) is 5.56 Å². The van der Waals surface area contributed by atoms with Gasteiger partial charge in [-0.05, 0) is 36.4 Å². The lowest BCUT2D eigenvalue weighted by Crippen LogP contribution is -2.29. The molecular formula is C15H15N3O3. The molecule has 4 N–H and O–H groups in total. The van der Waals surface area contributed by atoms with E-state index in [1.54, 1.807) is 24.3 Å². The van der Waals surface area contributed by atoms with Crippen LogP contribution in [0.5, 0.6) is 5.75 Å². The van der Waals surface area contributed by atoms with Crippen molar-refractivity contribution in [3.05, 3.63) is 60.2 Å². The van der Waals surface area contributed by atoms with E-state index in [1.165, 1.54) is 0 Å². The Labute approximate surface area is 121 Å². The van der Waals surface area contributed by atoms with Crippen molar-refractivity contribution in [2.45, 2.75) is 0 Å². The van der Waals surface area contributed by atoms with Crippen molar-refractivity contribution in [2.75, 3.05) is 12.0 Å². The van der Waals surface area contributed by atoms with Gasteiger partial charge in [-0.3, -0.25) is 20.4 Å². The molecule has 0 atom stereocenters. The van der Waals surface area contributed by atoms with Crippen LogP contribution in [0.4, 0.5) is 5.69 Å². The molecule has 0 aliphatic heterocycles. The minimum Gasteiger partial charge on any atom is -0.484 e. The summed E-state index contributed by atoms with van der Waals surface area (Å²) in [4.78, 5) is 22.5. The maximum absolute atomic E-state index is 11.9. The van der Waals surface area contributed by atoms with E-state index < -0.39 is 5.91 Å². The van der Waals surface area contributed by atoms with Gasteiger partial charge in [0.25, 0.3) is 11.8 Å². The fourth-order valence-electron chi connectivity index (χ4n) is 1.58. The highest BCUT2D eigenvalue weighted by atomic mass is 16.5. The number of hydrazine groups is 1. The first-order valence-electron chi connectivity index (χ1n) is 6.28. The molecule has 2 rings (SSSR count). The van der Waals surface area contributed by atoms with Crippen LogP contribution in [0, 0.1) is 0 Å². The summed E-state index contributed by atoms with van der Waals surface area (Å²) in [5.41, 5.74) is 11.6. The molecule has 0 fully saturated rings. The van der Waals surface area contributed by atoms with Gasteiger partial charge in [-0.25, -0.2) is 0 Å². The quantitative estimate of drug-likeness (QED) is 0.697. The van der Waals surface area contributed by atoms with Crippen molar-refractivity contribution in [2.24, 2.45) is 5.73 Å². The van der Waals surface area contributed by atoms with E-state index in [1.807, 2.05) is 30.3 Å². The Morgan fingerprint density at radius 1 is 1.00 bits per heavy atom. The van der Waals surface area contributed by atoms with Gasteiger partial charge < -0.3 is 10.5 Å². The van der Waals surface area contributed by atoms with Crippen LogP contribution in [0.15, 0.2) is 54.6 Å². The van der Waals surface area contributed by atoms with Gasteiger partial charge in [-0.15, -0.1) is 0 Å². The zero-order valence-corrected chi connectivity index (χ0v) is 11.2. The zero-order valence-electron chi connectivity index (χ0n) is 11.2.